The second kappa shape index (κ2) is 4.72. The summed E-state index contributed by atoms with van der Waals surface area (Å²) in [5.74, 6) is 1.64. The van der Waals surface area contributed by atoms with Gasteiger partial charge in [0.2, 0.25) is 0 Å². The molecule has 0 N–H and O–H groups in total. The van der Waals surface area contributed by atoms with Crippen LogP contribution < -0.4 is 0 Å². The number of carbonyl (C=O) groups excluding carboxylic acids is 2. The Morgan fingerprint density at radius 3 is 2.86 bits per heavy atom. The quantitative estimate of drug-likeness (QED) is 0.588. The molecule has 4 aliphatic rings. The predicted octanol–water partition coefficient (Wildman–Crippen LogP) is 1.92. The second-order valence-electron chi connectivity index (χ2n) is 6.76. The van der Waals surface area contributed by atoms with Crippen LogP contribution in [0.15, 0.2) is 23.9 Å². The molecule has 1 saturated carbocycles. The van der Waals surface area contributed by atoms with Crippen molar-refractivity contribution in [3.63, 3.8) is 0 Å². The first-order valence-corrected chi connectivity index (χ1v) is 7.99. The maximum absolute atomic E-state index is 12.4. The lowest BCUT2D eigenvalue weighted by Gasteiger charge is -2.33. The van der Waals surface area contributed by atoms with E-state index in [1.165, 1.54) is 12.6 Å². The van der Waals surface area contributed by atoms with Gasteiger partial charge in [0.15, 0.2) is 5.78 Å². The Bertz CT molecular complexity index is 550. The van der Waals surface area contributed by atoms with Crippen molar-refractivity contribution < 1.29 is 14.3 Å². The van der Waals surface area contributed by atoms with Crippen molar-refractivity contribution in [1.29, 1.82) is 0 Å². The average molecular weight is 287 g/mol. The van der Waals surface area contributed by atoms with Crippen LogP contribution in [0, 0.1) is 23.7 Å². The molecule has 0 aromatic rings. The molecule has 4 nitrogen and oxygen atoms in total. The summed E-state index contributed by atoms with van der Waals surface area (Å²) in [6, 6.07) is 0.245. The van der Waals surface area contributed by atoms with Gasteiger partial charge in [-0.3, -0.25) is 9.59 Å². The van der Waals surface area contributed by atoms with E-state index in [-0.39, 0.29) is 17.9 Å². The lowest BCUT2D eigenvalue weighted by atomic mass is 9.83. The van der Waals surface area contributed by atoms with E-state index in [2.05, 4.69) is 17.1 Å². The van der Waals surface area contributed by atoms with Crippen LogP contribution in [0.25, 0.3) is 0 Å². The normalized spacial score (nSPS) is 39.9. The molecule has 0 aromatic carbocycles. The molecule has 21 heavy (non-hydrogen) atoms. The number of ketones is 1. The van der Waals surface area contributed by atoms with Crippen molar-refractivity contribution >= 4 is 11.8 Å². The number of esters is 1. The first kappa shape index (κ1) is 13.1. The fourth-order valence-corrected chi connectivity index (χ4v) is 4.79. The largest absolute Gasteiger partial charge is 0.464 e. The number of carbonyl (C=O) groups is 2. The Kier molecular flexibility index (Phi) is 2.95. The maximum Gasteiger partial charge on any atom is 0.302 e. The van der Waals surface area contributed by atoms with Crippen molar-refractivity contribution in [3.8, 4) is 0 Å². The fraction of sp³-hybridized carbons (Fsp3) is 0.647. The van der Waals surface area contributed by atoms with Gasteiger partial charge in [0.1, 0.15) is 6.61 Å². The van der Waals surface area contributed by atoms with E-state index in [9.17, 15) is 9.59 Å². The Hall–Kier alpha value is -1.58. The van der Waals surface area contributed by atoms with Crippen LogP contribution in [-0.4, -0.2) is 35.8 Å². The van der Waals surface area contributed by atoms with Gasteiger partial charge in [-0.15, -0.1) is 0 Å². The van der Waals surface area contributed by atoms with Gasteiger partial charge in [-0.1, -0.05) is 12.2 Å². The third-order valence-corrected chi connectivity index (χ3v) is 5.61. The summed E-state index contributed by atoms with van der Waals surface area (Å²) in [6.07, 6.45) is 9.71. The smallest absolute Gasteiger partial charge is 0.302 e. The van der Waals surface area contributed by atoms with Gasteiger partial charge in [-0.25, -0.2) is 0 Å². The third-order valence-electron chi connectivity index (χ3n) is 5.61. The first-order valence-electron chi connectivity index (χ1n) is 7.99. The van der Waals surface area contributed by atoms with E-state index < -0.39 is 0 Å². The minimum Gasteiger partial charge on any atom is -0.464 e. The SMILES string of the molecule is CC(=O)OC[C@@H]1CCCN1C1=CC(=O)[C@@H]2[C@H]1[C@@H]1C=C[C@H]2C1. The van der Waals surface area contributed by atoms with Gasteiger partial charge in [-0.2, -0.15) is 0 Å². The summed E-state index contributed by atoms with van der Waals surface area (Å²) in [6.45, 7) is 2.88. The van der Waals surface area contributed by atoms with Crippen molar-refractivity contribution in [2.45, 2.75) is 32.2 Å². The van der Waals surface area contributed by atoms with E-state index in [1.54, 1.807) is 0 Å². The Morgan fingerprint density at radius 1 is 1.33 bits per heavy atom. The monoisotopic (exact) mass is 287 g/mol. The van der Waals surface area contributed by atoms with Gasteiger partial charge in [-0.05, 0) is 31.1 Å². The molecule has 5 atom stereocenters. The minimum atomic E-state index is -0.223. The van der Waals surface area contributed by atoms with Gasteiger partial charge < -0.3 is 9.64 Å². The lowest BCUT2D eigenvalue weighted by Crippen LogP contribution is -2.36. The van der Waals surface area contributed by atoms with E-state index in [1.807, 2.05) is 6.08 Å². The molecular weight excluding hydrogens is 266 g/mol. The molecule has 0 unspecified atom stereocenters. The van der Waals surface area contributed by atoms with Crippen LogP contribution in [0.2, 0.25) is 0 Å². The number of rotatable bonds is 3. The molecular formula is C17H21NO3. The highest BCUT2D eigenvalue weighted by Gasteiger charge is 2.54. The Balaban J connectivity index is 1.55. The van der Waals surface area contributed by atoms with Crippen LogP contribution in [-0.2, 0) is 14.3 Å². The van der Waals surface area contributed by atoms with Crippen molar-refractivity contribution in [2.24, 2.45) is 23.7 Å². The van der Waals surface area contributed by atoms with Crippen LogP contribution in [0.3, 0.4) is 0 Å². The van der Waals surface area contributed by atoms with Crippen LogP contribution in [0.5, 0.6) is 0 Å². The molecule has 4 rings (SSSR count). The number of fused-ring (bicyclic) bond motifs is 5. The summed E-state index contributed by atoms with van der Waals surface area (Å²) in [5, 5.41) is 0. The predicted molar refractivity (Wildman–Crippen MR) is 77.2 cm³/mol. The topological polar surface area (TPSA) is 46.6 Å². The van der Waals surface area contributed by atoms with E-state index in [0.717, 1.165) is 25.8 Å². The number of hydrogen-bond donors (Lipinski definition) is 0. The van der Waals surface area contributed by atoms with Crippen molar-refractivity contribution in [1.82, 2.24) is 4.90 Å². The van der Waals surface area contributed by atoms with Crippen molar-refractivity contribution in [2.75, 3.05) is 13.2 Å². The van der Waals surface area contributed by atoms with Crippen LogP contribution in [0.4, 0.5) is 0 Å². The zero-order chi connectivity index (χ0) is 14.6. The van der Waals surface area contributed by atoms with Gasteiger partial charge in [0, 0.05) is 37.1 Å². The fourth-order valence-electron chi connectivity index (χ4n) is 4.79. The van der Waals surface area contributed by atoms with Gasteiger partial charge in [0.25, 0.3) is 0 Å². The van der Waals surface area contributed by atoms with Crippen LogP contribution >= 0.6 is 0 Å². The number of nitrogens with zero attached hydrogens (tertiary/aromatic N) is 1. The molecule has 1 heterocycles. The summed E-state index contributed by atoms with van der Waals surface area (Å²) >= 11 is 0. The minimum absolute atomic E-state index is 0.185. The highest BCUT2D eigenvalue weighted by atomic mass is 16.5. The Morgan fingerprint density at radius 2 is 2.10 bits per heavy atom. The highest BCUT2D eigenvalue weighted by molar-refractivity contribution is 5.96. The standard InChI is InChI=1S/C17H21NO3/c1-10(19)21-9-13-3-2-6-18(13)14-8-15(20)17-12-5-4-11(7-12)16(14)17/h4-5,8,11-13,16-17H,2-3,6-7,9H2,1H3/t11-,12+,13+,16+,17-/m1/s1. The molecule has 1 aliphatic heterocycles. The molecule has 2 bridgehead atoms. The number of allylic oxidation sites excluding steroid dienone is 4. The molecule has 0 aromatic heterocycles. The zero-order valence-electron chi connectivity index (χ0n) is 12.3. The van der Waals surface area contributed by atoms with Crippen LogP contribution in [0.1, 0.15) is 26.2 Å². The summed E-state index contributed by atoms with van der Waals surface area (Å²) in [7, 11) is 0. The molecule has 0 spiro atoms. The molecule has 112 valence electrons. The molecule has 0 amide bonds. The van der Waals surface area contributed by atoms with E-state index in [4.69, 9.17) is 4.74 Å². The summed E-state index contributed by atoms with van der Waals surface area (Å²) in [5.41, 5.74) is 1.22. The number of hydrogen-bond acceptors (Lipinski definition) is 4. The van der Waals surface area contributed by atoms with Gasteiger partial charge in [0.05, 0.1) is 6.04 Å². The molecule has 2 fully saturated rings. The molecule has 0 radical (unpaired) electrons. The van der Waals surface area contributed by atoms with Crippen molar-refractivity contribution in [3.05, 3.63) is 23.9 Å². The average Bonchev–Trinajstić information content (AvgIpc) is 3.18. The van der Waals surface area contributed by atoms with Gasteiger partial charge >= 0.3 is 5.97 Å². The molecule has 1 saturated heterocycles. The number of likely N-dealkylation sites (tertiary alicyclic amines) is 1. The zero-order valence-corrected chi connectivity index (χ0v) is 12.3. The number of ether oxygens (including phenoxy) is 1. The summed E-state index contributed by atoms with van der Waals surface area (Å²) in [4.78, 5) is 25.8. The van der Waals surface area contributed by atoms with E-state index >= 15 is 0 Å². The summed E-state index contributed by atoms with van der Waals surface area (Å²) < 4.78 is 5.21. The molecule has 3 aliphatic carbocycles. The highest BCUT2D eigenvalue weighted by Crippen LogP contribution is 2.55. The third kappa shape index (κ3) is 1.95. The first-order chi connectivity index (χ1) is 10.1. The van der Waals surface area contributed by atoms with E-state index in [0.29, 0.717) is 30.1 Å². The Labute approximate surface area is 124 Å². The maximum atomic E-state index is 12.4. The second-order valence-corrected chi connectivity index (χ2v) is 6.76. The lowest BCUT2D eigenvalue weighted by molar-refractivity contribution is -0.142. The molecule has 4 heteroatoms.